The summed E-state index contributed by atoms with van der Waals surface area (Å²) >= 11 is 2.94. The van der Waals surface area contributed by atoms with Gasteiger partial charge in [0.2, 0.25) is 5.16 Å². The number of aryl methyl sites for hydroxylation is 1. The molecule has 1 unspecified atom stereocenters. The third kappa shape index (κ3) is 4.31. The Morgan fingerprint density at radius 2 is 2.21 bits per heavy atom. The van der Waals surface area contributed by atoms with Crippen LogP contribution in [0.15, 0.2) is 28.7 Å². The maximum absolute atomic E-state index is 12.9. The van der Waals surface area contributed by atoms with Crippen LogP contribution in [0.1, 0.15) is 39.1 Å². The second kappa shape index (κ2) is 8.04. The summed E-state index contributed by atoms with van der Waals surface area (Å²) in [5, 5.41) is 14.4. The molecule has 0 bridgehead atoms. The van der Waals surface area contributed by atoms with Crippen molar-refractivity contribution in [1.29, 1.82) is 0 Å². The van der Waals surface area contributed by atoms with Gasteiger partial charge in [0.15, 0.2) is 15.6 Å². The lowest BCUT2D eigenvalue weighted by atomic mass is 10.2. The van der Waals surface area contributed by atoms with Crippen LogP contribution in [0.2, 0.25) is 0 Å². The summed E-state index contributed by atoms with van der Waals surface area (Å²) in [6.45, 7) is 4.38. The number of tetrazole rings is 1. The van der Waals surface area contributed by atoms with E-state index in [1.807, 2.05) is 42.0 Å². The first-order valence-electron chi connectivity index (χ1n) is 9.17. The van der Waals surface area contributed by atoms with E-state index in [0.717, 1.165) is 16.3 Å². The molecule has 0 spiro atoms. The molecule has 4 heterocycles. The van der Waals surface area contributed by atoms with Crippen LogP contribution in [-0.2, 0) is 16.4 Å². The highest BCUT2D eigenvalue weighted by Crippen LogP contribution is 2.30. The van der Waals surface area contributed by atoms with E-state index in [1.165, 1.54) is 11.8 Å². The molecule has 1 saturated heterocycles. The summed E-state index contributed by atoms with van der Waals surface area (Å²) in [7, 11) is -2.99. The van der Waals surface area contributed by atoms with Gasteiger partial charge in [-0.2, -0.15) is 0 Å². The van der Waals surface area contributed by atoms with Crippen molar-refractivity contribution < 1.29 is 13.2 Å². The molecule has 4 rings (SSSR count). The smallest absolute Gasteiger partial charge is 0.210 e. The highest BCUT2D eigenvalue weighted by Gasteiger charge is 2.31. The molecule has 1 atom stereocenters. The number of ketones is 1. The molecule has 3 aromatic heterocycles. The average Bonchev–Trinajstić information content (AvgIpc) is 3.43. The van der Waals surface area contributed by atoms with E-state index < -0.39 is 9.84 Å². The molecule has 1 aliphatic rings. The highest BCUT2D eigenvalue weighted by molar-refractivity contribution is 7.99. The molecule has 0 aromatic carbocycles. The van der Waals surface area contributed by atoms with Gasteiger partial charge in [-0.3, -0.25) is 4.79 Å². The zero-order valence-electron chi connectivity index (χ0n) is 16.1. The minimum Gasteiger partial charge on any atom is -0.344 e. The summed E-state index contributed by atoms with van der Waals surface area (Å²) in [4.78, 5) is 14.0. The van der Waals surface area contributed by atoms with E-state index in [4.69, 9.17) is 0 Å². The van der Waals surface area contributed by atoms with Crippen LogP contribution < -0.4 is 0 Å². The van der Waals surface area contributed by atoms with Crippen molar-refractivity contribution in [3.8, 4) is 0 Å². The SMILES string of the molecule is Cc1cc(C(=O)CSc2nnnn2Cc2cccs2)c(C)n1C1CCS(=O)(=O)C1. The van der Waals surface area contributed by atoms with Crippen LogP contribution in [0.5, 0.6) is 0 Å². The zero-order valence-corrected chi connectivity index (χ0v) is 18.6. The molecular formula is C18H21N5O3S3. The first-order chi connectivity index (χ1) is 13.8. The van der Waals surface area contributed by atoms with Crippen molar-refractivity contribution in [2.45, 2.75) is 38.0 Å². The second-order valence-corrected chi connectivity index (χ2v) is 11.3. The lowest BCUT2D eigenvalue weighted by Crippen LogP contribution is -2.14. The predicted molar refractivity (Wildman–Crippen MR) is 113 cm³/mol. The van der Waals surface area contributed by atoms with Gasteiger partial charge in [0.1, 0.15) is 0 Å². The van der Waals surface area contributed by atoms with Crippen LogP contribution in [-0.4, -0.2) is 56.2 Å². The monoisotopic (exact) mass is 451 g/mol. The molecule has 0 N–H and O–H groups in total. The van der Waals surface area contributed by atoms with E-state index in [0.29, 0.717) is 23.7 Å². The van der Waals surface area contributed by atoms with Crippen LogP contribution in [0.3, 0.4) is 0 Å². The molecule has 11 heteroatoms. The Balaban J connectivity index is 1.46. The largest absolute Gasteiger partial charge is 0.344 e. The highest BCUT2D eigenvalue weighted by atomic mass is 32.2. The minimum absolute atomic E-state index is 0.0131. The molecule has 0 amide bonds. The lowest BCUT2D eigenvalue weighted by molar-refractivity contribution is 0.102. The number of rotatable bonds is 7. The van der Waals surface area contributed by atoms with Crippen LogP contribution in [0.25, 0.3) is 0 Å². The molecule has 0 aliphatic carbocycles. The predicted octanol–water partition coefficient (Wildman–Crippen LogP) is 2.54. The van der Waals surface area contributed by atoms with Gasteiger partial charge in [0, 0.05) is 27.9 Å². The Morgan fingerprint density at radius 3 is 2.90 bits per heavy atom. The van der Waals surface area contributed by atoms with E-state index >= 15 is 0 Å². The number of thioether (sulfide) groups is 1. The Labute approximate surface area is 177 Å². The molecule has 0 saturated carbocycles. The van der Waals surface area contributed by atoms with Crippen LogP contribution in [0.4, 0.5) is 0 Å². The molecule has 1 aliphatic heterocycles. The number of nitrogens with zero attached hydrogens (tertiary/aromatic N) is 5. The van der Waals surface area contributed by atoms with Crippen molar-refractivity contribution >= 4 is 38.7 Å². The molecule has 29 heavy (non-hydrogen) atoms. The van der Waals surface area contributed by atoms with Gasteiger partial charge in [0.25, 0.3) is 0 Å². The summed E-state index contributed by atoms with van der Waals surface area (Å²) < 4.78 is 27.4. The maximum Gasteiger partial charge on any atom is 0.210 e. The van der Waals surface area contributed by atoms with Gasteiger partial charge < -0.3 is 4.57 Å². The number of hydrogen-bond acceptors (Lipinski definition) is 8. The van der Waals surface area contributed by atoms with Crippen molar-refractivity contribution in [1.82, 2.24) is 24.8 Å². The average molecular weight is 452 g/mol. The molecule has 0 radical (unpaired) electrons. The summed E-state index contributed by atoms with van der Waals surface area (Å²) in [6.07, 6.45) is 0.596. The first-order valence-corrected chi connectivity index (χ1v) is 12.9. The number of carbonyl (C=O) groups is 1. The Morgan fingerprint density at radius 1 is 1.38 bits per heavy atom. The van der Waals surface area contributed by atoms with Crippen molar-refractivity contribution in [3.05, 3.63) is 45.4 Å². The molecule has 154 valence electrons. The fraction of sp³-hybridized carbons (Fsp3) is 0.444. The van der Waals surface area contributed by atoms with Crippen molar-refractivity contribution in [3.63, 3.8) is 0 Å². The fourth-order valence-electron chi connectivity index (χ4n) is 3.76. The second-order valence-electron chi connectivity index (χ2n) is 7.12. The van der Waals surface area contributed by atoms with E-state index in [9.17, 15) is 13.2 Å². The number of thiophene rings is 1. The zero-order chi connectivity index (χ0) is 20.6. The van der Waals surface area contributed by atoms with E-state index in [1.54, 1.807) is 16.0 Å². The molecular weight excluding hydrogens is 430 g/mol. The first kappa shape index (κ1) is 20.3. The quantitative estimate of drug-likeness (QED) is 0.402. The Kier molecular flexibility index (Phi) is 5.63. The topological polar surface area (TPSA) is 99.7 Å². The molecule has 8 nitrogen and oxygen atoms in total. The number of carbonyl (C=O) groups excluding carboxylic acids is 1. The van der Waals surface area contributed by atoms with Gasteiger partial charge in [-0.25, -0.2) is 13.1 Å². The van der Waals surface area contributed by atoms with Gasteiger partial charge in [-0.1, -0.05) is 17.8 Å². The van der Waals surface area contributed by atoms with Crippen LogP contribution >= 0.6 is 23.1 Å². The Hall–Kier alpha value is -1.98. The molecule has 1 fully saturated rings. The number of Topliss-reactive ketones (excluding diaryl/α,β-unsaturated/α-hetero) is 1. The van der Waals surface area contributed by atoms with Gasteiger partial charge in [-0.15, -0.1) is 16.4 Å². The standard InChI is InChI=1S/C18H21N5O3S3/c1-12-8-16(13(2)23(12)14-5-7-29(25,26)11-14)17(24)10-28-18-19-20-21-22(18)9-15-4-3-6-27-15/h3-4,6,8,14H,5,7,9-11H2,1-2H3. The summed E-state index contributed by atoms with van der Waals surface area (Å²) in [5.74, 6) is 0.558. The normalized spacial score (nSPS) is 18.3. The third-order valence-electron chi connectivity index (χ3n) is 5.08. The van der Waals surface area contributed by atoms with Crippen molar-refractivity contribution in [2.75, 3.05) is 17.3 Å². The molecule has 3 aromatic rings. The third-order valence-corrected chi connectivity index (χ3v) is 8.64. The summed E-state index contributed by atoms with van der Waals surface area (Å²) in [6, 6.07) is 5.76. The minimum atomic E-state index is -2.99. The lowest BCUT2D eigenvalue weighted by Gasteiger charge is -2.16. The summed E-state index contributed by atoms with van der Waals surface area (Å²) in [5.41, 5.74) is 2.38. The van der Waals surface area contributed by atoms with Gasteiger partial charge in [0.05, 0.1) is 23.8 Å². The maximum atomic E-state index is 12.9. The Bertz CT molecular complexity index is 1130. The van der Waals surface area contributed by atoms with Crippen molar-refractivity contribution in [2.24, 2.45) is 0 Å². The van der Waals surface area contributed by atoms with E-state index in [-0.39, 0.29) is 29.1 Å². The van der Waals surface area contributed by atoms with E-state index in [2.05, 4.69) is 15.5 Å². The van der Waals surface area contributed by atoms with Gasteiger partial charge in [-0.05, 0) is 48.2 Å². The number of sulfone groups is 1. The van der Waals surface area contributed by atoms with Gasteiger partial charge >= 0.3 is 0 Å². The number of hydrogen-bond donors (Lipinski definition) is 0. The van der Waals surface area contributed by atoms with Crippen LogP contribution in [0, 0.1) is 13.8 Å². The fourth-order valence-corrected chi connectivity index (χ4v) is 6.90. The number of aromatic nitrogens is 5.